The first-order chi connectivity index (χ1) is 11.9. The summed E-state index contributed by atoms with van der Waals surface area (Å²) in [5, 5.41) is 8.41. The average Bonchev–Trinajstić information content (AvgIpc) is 3.16. The number of aryl methyl sites for hydroxylation is 2. The van der Waals surface area contributed by atoms with Gasteiger partial charge in [0.1, 0.15) is 17.4 Å². The average molecular weight is 363 g/mol. The lowest BCUT2D eigenvalue weighted by atomic mass is 9.99. The molecule has 3 aromatic rings. The normalized spacial score (nSPS) is 12.2. The first-order valence-electron chi connectivity index (χ1n) is 7.51. The molecule has 1 N–H and O–H groups in total. The van der Waals surface area contributed by atoms with Crippen molar-refractivity contribution in [1.82, 2.24) is 10.1 Å². The molecule has 2 aromatic heterocycles. The van der Waals surface area contributed by atoms with Crippen molar-refractivity contribution in [3.8, 4) is 11.3 Å². The Bertz CT molecular complexity index is 916. The van der Waals surface area contributed by atoms with Crippen molar-refractivity contribution in [2.75, 3.05) is 5.32 Å². The van der Waals surface area contributed by atoms with Crippen molar-refractivity contribution < 1.29 is 18.1 Å². The Balaban J connectivity index is 1.79. The molecular formula is C17H15F2N3O2S. The maximum absolute atomic E-state index is 13.8. The van der Waals surface area contributed by atoms with Gasteiger partial charge in [0.15, 0.2) is 5.13 Å². The van der Waals surface area contributed by atoms with Crippen LogP contribution < -0.4 is 5.32 Å². The summed E-state index contributed by atoms with van der Waals surface area (Å²) in [6.07, 6.45) is 0. The lowest BCUT2D eigenvalue weighted by Crippen LogP contribution is -2.19. The molecule has 2 heterocycles. The second-order valence-electron chi connectivity index (χ2n) is 5.61. The third kappa shape index (κ3) is 3.43. The SMILES string of the molecule is Cc1noc(C)c1C(C)C(=O)Nc1nc(-c2cc(F)ccc2F)cs1. The Morgan fingerprint density at radius 2 is 2.08 bits per heavy atom. The van der Waals surface area contributed by atoms with E-state index >= 15 is 0 Å². The second kappa shape index (κ2) is 6.72. The van der Waals surface area contributed by atoms with Crippen molar-refractivity contribution in [2.24, 2.45) is 0 Å². The molecule has 0 aliphatic heterocycles. The van der Waals surface area contributed by atoms with Crippen LogP contribution in [0.4, 0.5) is 13.9 Å². The molecule has 8 heteroatoms. The highest BCUT2D eigenvalue weighted by Gasteiger charge is 2.23. The summed E-state index contributed by atoms with van der Waals surface area (Å²) in [5.41, 5.74) is 1.70. The van der Waals surface area contributed by atoms with Gasteiger partial charge in [-0.1, -0.05) is 5.16 Å². The van der Waals surface area contributed by atoms with Gasteiger partial charge in [-0.25, -0.2) is 13.8 Å². The molecule has 0 aliphatic rings. The fraction of sp³-hybridized carbons (Fsp3) is 0.235. The smallest absolute Gasteiger partial charge is 0.233 e. The van der Waals surface area contributed by atoms with E-state index in [0.29, 0.717) is 16.6 Å². The first kappa shape index (κ1) is 17.2. The molecule has 1 atom stereocenters. The minimum atomic E-state index is -0.575. The summed E-state index contributed by atoms with van der Waals surface area (Å²) in [6, 6.07) is 3.16. The zero-order chi connectivity index (χ0) is 18.1. The zero-order valence-corrected chi connectivity index (χ0v) is 14.6. The predicted molar refractivity (Wildman–Crippen MR) is 90.5 cm³/mol. The molecule has 3 rings (SSSR count). The van der Waals surface area contributed by atoms with Gasteiger partial charge in [-0.15, -0.1) is 11.3 Å². The third-order valence-electron chi connectivity index (χ3n) is 3.85. The quantitative estimate of drug-likeness (QED) is 0.744. The van der Waals surface area contributed by atoms with Crippen LogP contribution in [0.25, 0.3) is 11.3 Å². The molecule has 1 amide bonds. The van der Waals surface area contributed by atoms with Crippen LogP contribution in [0.15, 0.2) is 28.1 Å². The number of nitrogens with zero attached hydrogens (tertiary/aromatic N) is 2. The van der Waals surface area contributed by atoms with Crippen LogP contribution in [0, 0.1) is 25.5 Å². The van der Waals surface area contributed by atoms with Gasteiger partial charge >= 0.3 is 0 Å². The van der Waals surface area contributed by atoms with Crippen molar-refractivity contribution in [3.05, 3.63) is 52.2 Å². The van der Waals surface area contributed by atoms with E-state index in [1.807, 2.05) is 0 Å². The summed E-state index contributed by atoms with van der Waals surface area (Å²) in [6.45, 7) is 5.25. The van der Waals surface area contributed by atoms with E-state index in [0.717, 1.165) is 35.1 Å². The Morgan fingerprint density at radius 3 is 2.76 bits per heavy atom. The summed E-state index contributed by atoms with van der Waals surface area (Å²) in [5.74, 6) is -1.31. The molecule has 0 aliphatic carbocycles. The Labute approximate surface area is 146 Å². The maximum Gasteiger partial charge on any atom is 0.233 e. The molecule has 1 unspecified atom stereocenters. The van der Waals surface area contributed by atoms with E-state index in [1.54, 1.807) is 26.2 Å². The third-order valence-corrected chi connectivity index (χ3v) is 4.61. The van der Waals surface area contributed by atoms with Gasteiger partial charge in [-0.3, -0.25) is 4.79 Å². The predicted octanol–water partition coefficient (Wildman–Crippen LogP) is 4.44. The van der Waals surface area contributed by atoms with E-state index in [9.17, 15) is 13.6 Å². The van der Waals surface area contributed by atoms with Gasteiger partial charge in [-0.2, -0.15) is 0 Å². The summed E-state index contributed by atoms with van der Waals surface area (Å²) >= 11 is 1.14. The Morgan fingerprint density at radius 1 is 1.32 bits per heavy atom. The lowest BCUT2D eigenvalue weighted by molar-refractivity contribution is -0.117. The largest absolute Gasteiger partial charge is 0.361 e. The number of hydrogen-bond acceptors (Lipinski definition) is 5. The van der Waals surface area contributed by atoms with Gasteiger partial charge in [0.05, 0.1) is 17.3 Å². The van der Waals surface area contributed by atoms with E-state index in [4.69, 9.17) is 4.52 Å². The number of benzene rings is 1. The van der Waals surface area contributed by atoms with Crippen LogP contribution in [0.3, 0.4) is 0 Å². The Hall–Kier alpha value is -2.61. The lowest BCUT2D eigenvalue weighted by Gasteiger charge is -2.10. The number of anilines is 1. The molecule has 5 nitrogen and oxygen atoms in total. The molecule has 0 fully saturated rings. The zero-order valence-electron chi connectivity index (χ0n) is 13.8. The molecule has 0 saturated carbocycles. The molecule has 130 valence electrons. The van der Waals surface area contributed by atoms with Crippen molar-refractivity contribution in [2.45, 2.75) is 26.7 Å². The molecule has 0 saturated heterocycles. The van der Waals surface area contributed by atoms with Crippen molar-refractivity contribution in [3.63, 3.8) is 0 Å². The van der Waals surface area contributed by atoms with Crippen LogP contribution in [0.5, 0.6) is 0 Å². The number of hydrogen-bond donors (Lipinski definition) is 1. The van der Waals surface area contributed by atoms with Crippen LogP contribution in [0.2, 0.25) is 0 Å². The molecule has 0 radical (unpaired) electrons. The number of carbonyl (C=O) groups is 1. The highest BCUT2D eigenvalue weighted by molar-refractivity contribution is 7.14. The summed E-state index contributed by atoms with van der Waals surface area (Å²) < 4.78 is 32.2. The standard InChI is InChI=1S/C17H15F2N3O2S/c1-8(15-9(2)22-24-10(15)3)16(23)21-17-20-14(7-25-17)12-6-11(18)4-5-13(12)19/h4-8H,1-3H3,(H,20,21,23). The van der Waals surface area contributed by atoms with Gasteiger partial charge in [0, 0.05) is 16.5 Å². The highest BCUT2D eigenvalue weighted by Crippen LogP contribution is 2.29. The van der Waals surface area contributed by atoms with Gasteiger partial charge < -0.3 is 9.84 Å². The topological polar surface area (TPSA) is 68.0 Å². The highest BCUT2D eigenvalue weighted by atomic mass is 32.1. The number of aromatic nitrogens is 2. The van der Waals surface area contributed by atoms with Gasteiger partial charge in [-0.05, 0) is 39.0 Å². The first-order valence-corrected chi connectivity index (χ1v) is 8.39. The van der Waals surface area contributed by atoms with E-state index < -0.39 is 17.6 Å². The van der Waals surface area contributed by atoms with Crippen LogP contribution in [-0.4, -0.2) is 16.0 Å². The minimum Gasteiger partial charge on any atom is -0.361 e. The second-order valence-corrected chi connectivity index (χ2v) is 6.47. The van der Waals surface area contributed by atoms with E-state index in [2.05, 4.69) is 15.5 Å². The van der Waals surface area contributed by atoms with E-state index in [1.165, 1.54) is 0 Å². The fourth-order valence-electron chi connectivity index (χ4n) is 2.60. The molecular weight excluding hydrogens is 348 g/mol. The summed E-state index contributed by atoms with van der Waals surface area (Å²) in [7, 11) is 0. The van der Waals surface area contributed by atoms with Crippen molar-refractivity contribution in [1.29, 1.82) is 0 Å². The minimum absolute atomic E-state index is 0.0514. The number of halogens is 2. The van der Waals surface area contributed by atoms with Gasteiger partial charge in [0.25, 0.3) is 0 Å². The molecule has 1 aromatic carbocycles. The Kier molecular flexibility index (Phi) is 4.63. The van der Waals surface area contributed by atoms with Gasteiger partial charge in [0.2, 0.25) is 5.91 Å². The number of carbonyl (C=O) groups excluding carboxylic acids is 1. The number of amides is 1. The fourth-order valence-corrected chi connectivity index (χ4v) is 3.32. The number of nitrogens with one attached hydrogen (secondary N) is 1. The number of thiazole rings is 1. The van der Waals surface area contributed by atoms with Crippen LogP contribution in [-0.2, 0) is 4.79 Å². The number of rotatable bonds is 4. The molecule has 25 heavy (non-hydrogen) atoms. The molecule has 0 spiro atoms. The van der Waals surface area contributed by atoms with Crippen molar-refractivity contribution >= 4 is 22.4 Å². The van der Waals surface area contributed by atoms with E-state index in [-0.39, 0.29) is 17.2 Å². The molecule has 0 bridgehead atoms. The van der Waals surface area contributed by atoms with Crippen LogP contribution in [0.1, 0.15) is 29.9 Å². The summed E-state index contributed by atoms with van der Waals surface area (Å²) in [4.78, 5) is 16.6. The van der Waals surface area contributed by atoms with Crippen LogP contribution >= 0.6 is 11.3 Å². The maximum atomic E-state index is 13.8. The monoisotopic (exact) mass is 363 g/mol.